The van der Waals surface area contributed by atoms with Gasteiger partial charge in [-0.15, -0.1) is 16.4 Å². The van der Waals surface area contributed by atoms with Gasteiger partial charge in [0.15, 0.2) is 0 Å². The van der Waals surface area contributed by atoms with Crippen LogP contribution < -0.4 is 5.32 Å². The van der Waals surface area contributed by atoms with Gasteiger partial charge in [0.1, 0.15) is 5.00 Å². The first-order valence-electron chi connectivity index (χ1n) is 4.39. The van der Waals surface area contributed by atoms with Crippen LogP contribution in [0.2, 0.25) is 0 Å². The second kappa shape index (κ2) is 4.50. The van der Waals surface area contributed by atoms with Gasteiger partial charge in [0, 0.05) is 16.4 Å². The molecule has 0 aliphatic rings. The minimum Gasteiger partial charge on any atom is -0.315 e. The van der Waals surface area contributed by atoms with Crippen LogP contribution in [0.5, 0.6) is 0 Å². The van der Waals surface area contributed by atoms with E-state index in [1.54, 1.807) is 17.5 Å². The average Bonchev–Trinajstić information content (AvgIpc) is 2.88. The fraction of sp³-hybridized carbons (Fsp3) is 0.222. The number of amides is 1. The largest absolute Gasteiger partial charge is 0.315 e. The molecule has 0 spiro atoms. The summed E-state index contributed by atoms with van der Waals surface area (Å²) in [7, 11) is 0. The molecular formula is C9H9N3OS2. The molecule has 1 N–H and O–H groups in total. The number of carbonyl (C=O) groups excluding carboxylic acids is 1. The van der Waals surface area contributed by atoms with Crippen LogP contribution >= 0.6 is 22.9 Å². The molecule has 0 saturated carbocycles. The molecule has 0 aliphatic carbocycles. The lowest BCUT2D eigenvalue weighted by Gasteiger charge is -2.07. The normalized spacial score (nSPS) is 12.3. The lowest BCUT2D eigenvalue weighted by Crippen LogP contribution is -2.17. The van der Waals surface area contributed by atoms with Crippen molar-refractivity contribution in [1.29, 1.82) is 0 Å². The van der Waals surface area contributed by atoms with Gasteiger partial charge >= 0.3 is 0 Å². The summed E-state index contributed by atoms with van der Waals surface area (Å²) in [6, 6.07) is 3.90. The number of carbonyl (C=O) groups is 1. The van der Waals surface area contributed by atoms with E-state index in [1.165, 1.54) is 11.5 Å². The number of aromatic nitrogens is 2. The fourth-order valence-electron chi connectivity index (χ4n) is 1.12. The highest BCUT2D eigenvalue weighted by Crippen LogP contribution is 2.22. The minimum atomic E-state index is -0.132. The highest BCUT2D eigenvalue weighted by Gasteiger charge is 2.16. The molecule has 0 aromatic carbocycles. The maximum atomic E-state index is 11.8. The van der Waals surface area contributed by atoms with Crippen molar-refractivity contribution in [3.8, 4) is 0 Å². The van der Waals surface area contributed by atoms with Gasteiger partial charge in [-0.25, -0.2) is 0 Å². The molecule has 15 heavy (non-hydrogen) atoms. The Bertz CT molecular complexity index is 424. The Morgan fingerprint density at radius 2 is 2.47 bits per heavy atom. The molecule has 4 nitrogen and oxygen atoms in total. The van der Waals surface area contributed by atoms with Gasteiger partial charge in [-0.2, -0.15) is 0 Å². The lowest BCUT2D eigenvalue weighted by molar-refractivity contribution is -0.117. The van der Waals surface area contributed by atoms with E-state index in [0.717, 1.165) is 4.88 Å². The third-order valence-electron chi connectivity index (χ3n) is 1.97. The van der Waals surface area contributed by atoms with Gasteiger partial charge in [-0.05, 0) is 18.4 Å². The van der Waals surface area contributed by atoms with Gasteiger partial charge in [-0.1, -0.05) is 10.6 Å². The second-order valence-electron chi connectivity index (χ2n) is 3.01. The van der Waals surface area contributed by atoms with Crippen LogP contribution in [0.15, 0.2) is 23.7 Å². The Hall–Kier alpha value is -1.27. The number of nitrogens with zero attached hydrogens (tertiary/aromatic N) is 2. The lowest BCUT2D eigenvalue weighted by atomic mass is 10.1. The van der Waals surface area contributed by atoms with Crippen LogP contribution in [-0.4, -0.2) is 15.5 Å². The summed E-state index contributed by atoms with van der Waals surface area (Å²) in [4.78, 5) is 12.8. The van der Waals surface area contributed by atoms with E-state index in [0.29, 0.717) is 5.00 Å². The smallest absolute Gasteiger partial charge is 0.233 e. The molecule has 2 heterocycles. The van der Waals surface area contributed by atoms with Crippen molar-refractivity contribution < 1.29 is 4.79 Å². The Balaban J connectivity index is 2.03. The highest BCUT2D eigenvalue weighted by atomic mass is 32.1. The Morgan fingerprint density at radius 1 is 1.60 bits per heavy atom. The van der Waals surface area contributed by atoms with Crippen LogP contribution in [0.4, 0.5) is 5.00 Å². The first-order valence-corrected chi connectivity index (χ1v) is 6.04. The zero-order chi connectivity index (χ0) is 10.7. The van der Waals surface area contributed by atoms with E-state index in [1.807, 2.05) is 24.4 Å². The van der Waals surface area contributed by atoms with Crippen molar-refractivity contribution in [2.45, 2.75) is 12.8 Å². The summed E-state index contributed by atoms with van der Waals surface area (Å²) >= 11 is 2.76. The number of nitrogens with one attached hydrogen (secondary N) is 1. The Morgan fingerprint density at radius 3 is 3.07 bits per heavy atom. The molecule has 0 radical (unpaired) electrons. The molecule has 1 amide bonds. The van der Waals surface area contributed by atoms with Gasteiger partial charge in [-0.3, -0.25) is 4.79 Å². The van der Waals surface area contributed by atoms with Gasteiger partial charge in [0.2, 0.25) is 5.91 Å². The minimum absolute atomic E-state index is 0.0245. The average molecular weight is 239 g/mol. The predicted molar refractivity (Wildman–Crippen MR) is 61.3 cm³/mol. The summed E-state index contributed by atoms with van der Waals surface area (Å²) in [5.41, 5.74) is 0. The van der Waals surface area contributed by atoms with Gasteiger partial charge in [0.05, 0.1) is 12.1 Å². The predicted octanol–water partition coefficient (Wildman–Crippen LogP) is 2.34. The number of hydrogen-bond acceptors (Lipinski definition) is 5. The quantitative estimate of drug-likeness (QED) is 0.894. The van der Waals surface area contributed by atoms with Crippen molar-refractivity contribution in [2.24, 2.45) is 0 Å². The molecule has 0 fully saturated rings. The number of anilines is 1. The summed E-state index contributed by atoms with van der Waals surface area (Å²) in [5, 5.41) is 9.07. The maximum Gasteiger partial charge on any atom is 0.233 e. The van der Waals surface area contributed by atoms with E-state index >= 15 is 0 Å². The first kappa shape index (κ1) is 10.3. The van der Waals surface area contributed by atoms with Crippen LogP contribution in [0.1, 0.15) is 17.7 Å². The van der Waals surface area contributed by atoms with Crippen LogP contribution in [0.3, 0.4) is 0 Å². The van der Waals surface area contributed by atoms with Gasteiger partial charge < -0.3 is 5.32 Å². The first-order chi connectivity index (χ1) is 7.27. The standard InChI is InChI=1S/C9H9N3OS2/c1-6(7-3-2-4-14-7)9(13)11-8-5-10-12-15-8/h2-6H,1H3,(H,11,13)/t6-/m0/s1. The van der Waals surface area contributed by atoms with Crippen molar-refractivity contribution in [2.75, 3.05) is 5.32 Å². The molecule has 78 valence electrons. The van der Waals surface area contributed by atoms with E-state index in [2.05, 4.69) is 14.9 Å². The molecule has 0 aliphatic heterocycles. The van der Waals surface area contributed by atoms with Crippen LogP contribution in [-0.2, 0) is 4.79 Å². The molecule has 0 bridgehead atoms. The third-order valence-corrected chi connectivity index (χ3v) is 3.61. The number of thiophene rings is 1. The molecule has 2 aromatic heterocycles. The molecule has 0 saturated heterocycles. The van der Waals surface area contributed by atoms with E-state index < -0.39 is 0 Å². The zero-order valence-electron chi connectivity index (χ0n) is 8.01. The van der Waals surface area contributed by atoms with E-state index in [-0.39, 0.29) is 11.8 Å². The summed E-state index contributed by atoms with van der Waals surface area (Å²) in [6.07, 6.45) is 1.55. The maximum absolute atomic E-state index is 11.8. The SMILES string of the molecule is C[C@H](C(=O)Nc1cnns1)c1cccs1. The highest BCUT2D eigenvalue weighted by molar-refractivity contribution is 7.10. The van der Waals surface area contributed by atoms with Crippen LogP contribution in [0, 0.1) is 0 Å². The second-order valence-corrected chi connectivity index (χ2v) is 4.77. The van der Waals surface area contributed by atoms with Crippen molar-refractivity contribution in [3.63, 3.8) is 0 Å². The summed E-state index contributed by atoms with van der Waals surface area (Å²) in [5.74, 6) is -0.157. The van der Waals surface area contributed by atoms with Gasteiger partial charge in [0.25, 0.3) is 0 Å². The number of rotatable bonds is 3. The van der Waals surface area contributed by atoms with Crippen molar-refractivity contribution in [1.82, 2.24) is 9.59 Å². The molecule has 1 atom stereocenters. The van der Waals surface area contributed by atoms with Crippen molar-refractivity contribution >= 4 is 33.8 Å². The number of hydrogen-bond donors (Lipinski definition) is 1. The summed E-state index contributed by atoms with van der Waals surface area (Å²) < 4.78 is 3.68. The topological polar surface area (TPSA) is 54.9 Å². The summed E-state index contributed by atoms with van der Waals surface area (Å²) in [6.45, 7) is 1.88. The Kier molecular flexibility index (Phi) is 3.08. The monoisotopic (exact) mass is 239 g/mol. The molecule has 2 rings (SSSR count). The van der Waals surface area contributed by atoms with Crippen molar-refractivity contribution in [3.05, 3.63) is 28.6 Å². The van der Waals surface area contributed by atoms with Crippen LogP contribution in [0.25, 0.3) is 0 Å². The molecular weight excluding hydrogens is 230 g/mol. The third kappa shape index (κ3) is 2.40. The van der Waals surface area contributed by atoms with E-state index in [4.69, 9.17) is 0 Å². The van der Waals surface area contributed by atoms with E-state index in [9.17, 15) is 4.79 Å². The fourth-order valence-corrected chi connectivity index (χ4v) is 2.32. The molecule has 6 heteroatoms. The molecule has 2 aromatic rings. The zero-order valence-corrected chi connectivity index (χ0v) is 9.64. The molecule has 0 unspecified atom stereocenters. The Labute approximate surface area is 95.1 Å².